The highest BCUT2D eigenvalue weighted by atomic mass is 35.5. The fraction of sp³-hybridized carbons (Fsp3) is 0.182. The van der Waals surface area contributed by atoms with Crippen LogP contribution in [0.2, 0.25) is 5.02 Å². The van der Waals surface area contributed by atoms with E-state index in [1.165, 1.54) is 0 Å². The lowest BCUT2D eigenvalue weighted by Crippen LogP contribution is -1.95. The maximum Gasteiger partial charge on any atom is 0.146 e. The van der Waals surface area contributed by atoms with Crippen LogP contribution in [0.3, 0.4) is 0 Å². The van der Waals surface area contributed by atoms with E-state index in [4.69, 9.17) is 26.5 Å². The highest BCUT2D eigenvalue weighted by Crippen LogP contribution is 2.17. The maximum absolute atomic E-state index is 5.77. The molecular weight excluding hydrogens is 228 g/mol. The Kier molecular flexibility index (Phi) is 3.44. The van der Waals surface area contributed by atoms with Crippen molar-refractivity contribution < 1.29 is 9.15 Å². The summed E-state index contributed by atoms with van der Waals surface area (Å²) in [6.45, 7) is 0.723. The third-order valence-electron chi connectivity index (χ3n) is 1.98. The van der Waals surface area contributed by atoms with Crippen LogP contribution in [-0.2, 0) is 13.2 Å². The number of nitrogens with two attached hydrogens (primary N) is 1. The molecule has 0 bridgehead atoms. The minimum Gasteiger partial charge on any atom is -0.484 e. The normalized spacial score (nSPS) is 10.4. The molecule has 2 rings (SSSR count). The molecule has 0 aromatic carbocycles. The van der Waals surface area contributed by atoms with E-state index >= 15 is 0 Å². The Morgan fingerprint density at radius 2 is 2.12 bits per heavy atom. The fourth-order valence-electron chi connectivity index (χ4n) is 1.24. The average molecular weight is 239 g/mol. The lowest BCUT2D eigenvalue weighted by molar-refractivity contribution is 0.265. The van der Waals surface area contributed by atoms with Crippen molar-refractivity contribution in [3.8, 4) is 5.75 Å². The molecule has 2 aromatic heterocycles. The smallest absolute Gasteiger partial charge is 0.146 e. The second-order valence-corrected chi connectivity index (χ2v) is 3.64. The number of hydrogen-bond donors (Lipinski definition) is 1. The van der Waals surface area contributed by atoms with Gasteiger partial charge in [-0.1, -0.05) is 11.6 Å². The molecule has 0 spiro atoms. The van der Waals surface area contributed by atoms with Gasteiger partial charge >= 0.3 is 0 Å². The Morgan fingerprint density at radius 3 is 2.81 bits per heavy atom. The first-order valence-electron chi connectivity index (χ1n) is 4.79. The number of nitrogens with zero attached hydrogens (tertiary/aromatic N) is 1. The molecule has 0 aliphatic carbocycles. The number of hydrogen-bond acceptors (Lipinski definition) is 4. The van der Waals surface area contributed by atoms with Gasteiger partial charge in [0.15, 0.2) is 0 Å². The van der Waals surface area contributed by atoms with Gasteiger partial charge in [0.25, 0.3) is 0 Å². The van der Waals surface area contributed by atoms with Crippen molar-refractivity contribution in [1.82, 2.24) is 4.98 Å². The molecule has 0 saturated carbocycles. The third kappa shape index (κ3) is 2.74. The second kappa shape index (κ2) is 5.01. The van der Waals surface area contributed by atoms with E-state index in [0.717, 1.165) is 11.5 Å². The number of ether oxygens (including phenoxy) is 1. The zero-order valence-corrected chi connectivity index (χ0v) is 9.28. The van der Waals surface area contributed by atoms with Gasteiger partial charge in [0, 0.05) is 12.3 Å². The lowest BCUT2D eigenvalue weighted by atomic mass is 10.4. The first-order chi connectivity index (χ1) is 7.78. The third-order valence-corrected chi connectivity index (χ3v) is 2.19. The quantitative estimate of drug-likeness (QED) is 0.888. The summed E-state index contributed by atoms with van der Waals surface area (Å²) >= 11 is 5.77. The number of halogens is 1. The van der Waals surface area contributed by atoms with Crippen LogP contribution in [0.15, 0.2) is 35.0 Å². The molecular formula is C11H11ClN2O2. The van der Waals surface area contributed by atoms with Gasteiger partial charge in [-0.3, -0.25) is 4.98 Å². The van der Waals surface area contributed by atoms with Crippen LogP contribution in [0.4, 0.5) is 0 Å². The summed E-state index contributed by atoms with van der Waals surface area (Å²) in [5, 5.41) is 0.541. The highest BCUT2D eigenvalue weighted by Gasteiger charge is 2.02. The molecule has 0 atom stereocenters. The van der Waals surface area contributed by atoms with E-state index in [2.05, 4.69) is 4.98 Å². The molecule has 0 aliphatic rings. The first-order valence-corrected chi connectivity index (χ1v) is 5.17. The summed E-state index contributed by atoms with van der Waals surface area (Å²) in [4.78, 5) is 3.91. The zero-order valence-electron chi connectivity index (χ0n) is 8.52. The molecule has 2 N–H and O–H groups in total. The number of aromatic nitrogens is 1. The zero-order chi connectivity index (χ0) is 11.4. The van der Waals surface area contributed by atoms with Gasteiger partial charge < -0.3 is 14.9 Å². The van der Waals surface area contributed by atoms with E-state index in [1.807, 2.05) is 12.1 Å². The number of pyridine rings is 1. The number of furan rings is 1. The lowest BCUT2D eigenvalue weighted by Gasteiger charge is -2.03. The van der Waals surface area contributed by atoms with Crippen molar-refractivity contribution in [3.05, 3.63) is 47.1 Å². The summed E-state index contributed by atoms with van der Waals surface area (Å²) in [7, 11) is 0. The molecule has 0 aliphatic heterocycles. The van der Waals surface area contributed by atoms with Crippen LogP contribution in [-0.4, -0.2) is 4.98 Å². The Bertz CT molecular complexity index is 471. The minimum absolute atomic E-state index is 0.335. The summed E-state index contributed by atoms with van der Waals surface area (Å²) in [6, 6.07) is 5.36. The Labute approximate surface area is 98.0 Å². The summed E-state index contributed by atoms with van der Waals surface area (Å²) < 4.78 is 10.8. The van der Waals surface area contributed by atoms with Crippen LogP contribution in [0, 0.1) is 0 Å². The maximum atomic E-state index is 5.77. The molecule has 0 fully saturated rings. The van der Waals surface area contributed by atoms with Gasteiger partial charge in [-0.25, -0.2) is 0 Å². The van der Waals surface area contributed by atoms with Crippen LogP contribution < -0.4 is 10.5 Å². The summed E-state index contributed by atoms with van der Waals surface area (Å²) in [5.74, 6) is 2.07. The Balaban J connectivity index is 1.96. The molecule has 0 saturated heterocycles. The van der Waals surface area contributed by atoms with Crippen molar-refractivity contribution in [2.45, 2.75) is 13.2 Å². The summed E-state index contributed by atoms with van der Waals surface area (Å²) in [6.07, 6.45) is 3.15. The molecule has 84 valence electrons. The molecule has 0 amide bonds. The van der Waals surface area contributed by atoms with Gasteiger partial charge in [0.1, 0.15) is 23.9 Å². The van der Waals surface area contributed by atoms with Crippen molar-refractivity contribution in [1.29, 1.82) is 0 Å². The highest BCUT2D eigenvalue weighted by molar-refractivity contribution is 6.30. The van der Waals surface area contributed by atoms with E-state index < -0.39 is 0 Å². The monoisotopic (exact) mass is 238 g/mol. The Morgan fingerprint density at radius 1 is 1.31 bits per heavy atom. The first kappa shape index (κ1) is 11.0. The SMILES string of the molecule is NCc1ccc(COc2cncc(Cl)c2)o1. The van der Waals surface area contributed by atoms with Crippen molar-refractivity contribution in [3.63, 3.8) is 0 Å². The minimum atomic E-state index is 0.335. The predicted molar refractivity (Wildman–Crippen MR) is 60.2 cm³/mol. The largest absolute Gasteiger partial charge is 0.484 e. The second-order valence-electron chi connectivity index (χ2n) is 3.20. The van der Waals surface area contributed by atoms with Gasteiger partial charge in [0.05, 0.1) is 17.8 Å². The van der Waals surface area contributed by atoms with Crippen LogP contribution in [0.5, 0.6) is 5.75 Å². The van der Waals surface area contributed by atoms with Crippen LogP contribution >= 0.6 is 11.6 Å². The van der Waals surface area contributed by atoms with Gasteiger partial charge in [-0.05, 0) is 12.1 Å². The molecule has 0 radical (unpaired) electrons. The molecule has 4 nitrogen and oxygen atoms in total. The van der Waals surface area contributed by atoms with Gasteiger partial charge in [0.2, 0.25) is 0 Å². The van der Waals surface area contributed by atoms with E-state index in [-0.39, 0.29) is 0 Å². The fourth-order valence-corrected chi connectivity index (χ4v) is 1.40. The van der Waals surface area contributed by atoms with E-state index in [9.17, 15) is 0 Å². The average Bonchev–Trinajstić information content (AvgIpc) is 2.74. The predicted octanol–water partition coefficient (Wildman–Crippen LogP) is 2.37. The van der Waals surface area contributed by atoms with Crippen molar-refractivity contribution in [2.75, 3.05) is 0 Å². The van der Waals surface area contributed by atoms with Crippen molar-refractivity contribution in [2.24, 2.45) is 5.73 Å². The summed E-state index contributed by atoms with van der Waals surface area (Å²) in [5.41, 5.74) is 5.43. The topological polar surface area (TPSA) is 61.3 Å². The Hall–Kier alpha value is -1.52. The molecule has 16 heavy (non-hydrogen) atoms. The van der Waals surface area contributed by atoms with E-state index in [0.29, 0.717) is 23.9 Å². The van der Waals surface area contributed by atoms with Gasteiger partial charge in [-0.2, -0.15) is 0 Å². The standard InChI is InChI=1S/C11H11ClN2O2/c12-8-3-11(6-14-5-8)15-7-10-2-1-9(4-13)16-10/h1-3,5-6H,4,7,13H2. The molecule has 2 aromatic rings. The number of rotatable bonds is 4. The molecule has 2 heterocycles. The molecule has 5 heteroatoms. The van der Waals surface area contributed by atoms with Crippen LogP contribution in [0.25, 0.3) is 0 Å². The van der Waals surface area contributed by atoms with Crippen LogP contribution in [0.1, 0.15) is 11.5 Å². The molecule has 0 unspecified atom stereocenters. The van der Waals surface area contributed by atoms with E-state index in [1.54, 1.807) is 18.5 Å². The van der Waals surface area contributed by atoms with Gasteiger partial charge in [-0.15, -0.1) is 0 Å². The van der Waals surface area contributed by atoms with Crippen molar-refractivity contribution >= 4 is 11.6 Å².